The van der Waals surface area contributed by atoms with Crippen molar-refractivity contribution in [2.75, 3.05) is 22.6 Å². The Balaban J connectivity index is 2.23. The number of nitrogens with zero attached hydrogens (tertiary/aromatic N) is 2. The average Bonchev–Trinajstić information content (AvgIpc) is 2.52. The van der Waals surface area contributed by atoms with Crippen molar-refractivity contribution < 1.29 is 4.42 Å². The van der Waals surface area contributed by atoms with E-state index >= 15 is 0 Å². The highest BCUT2D eigenvalue weighted by Crippen LogP contribution is 2.11. The van der Waals surface area contributed by atoms with Gasteiger partial charge in [-0.05, 0) is 24.9 Å². The van der Waals surface area contributed by atoms with Crippen LogP contribution < -0.4 is 11.1 Å². The zero-order valence-corrected chi connectivity index (χ0v) is 9.30. The quantitative estimate of drug-likeness (QED) is 0.703. The molecule has 0 radical (unpaired) electrons. The maximum atomic E-state index is 5.29. The van der Waals surface area contributed by atoms with Gasteiger partial charge in [-0.3, -0.25) is 0 Å². The Kier molecular flexibility index (Phi) is 4.58. The van der Waals surface area contributed by atoms with Gasteiger partial charge in [0.05, 0.1) is 0 Å². The van der Waals surface area contributed by atoms with E-state index in [0.717, 1.165) is 17.9 Å². The first kappa shape index (κ1) is 11.2. The molecule has 1 rings (SSSR count). The van der Waals surface area contributed by atoms with Crippen LogP contribution in [0.25, 0.3) is 0 Å². The minimum atomic E-state index is 0.0997. The number of aromatic nitrogens is 2. The van der Waals surface area contributed by atoms with E-state index in [2.05, 4.69) is 29.4 Å². The maximum absolute atomic E-state index is 5.29. The van der Waals surface area contributed by atoms with Crippen LogP contribution in [-0.4, -0.2) is 27.7 Å². The maximum Gasteiger partial charge on any atom is 0.317 e. The predicted molar refractivity (Wildman–Crippen MR) is 59.4 cm³/mol. The molecule has 0 saturated carbocycles. The fraction of sp³-hybridized carbons (Fsp3) is 0.750. The molecule has 1 aromatic heterocycles. The highest BCUT2D eigenvalue weighted by molar-refractivity contribution is 7.99. The van der Waals surface area contributed by atoms with Gasteiger partial charge in [0.2, 0.25) is 0 Å². The topological polar surface area (TPSA) is 77.0 Å². The van der Waals surface area contributed by atoms with Gasteiger partial charge in [0, 0.05) is 6.04 Å². The molecule has 3 N–H and O–H groups in total. The second kappa shape index (κ2) is 5.74. The molecule has 0 saturated heterocycles. The second-order valence-corrected chi connectivity index (χ2v) is 4.37. The Bertz CT molecular complexity index is 266. The molecular formula is C8H16N4OS. The Morgan fingerprint density at radius 1 is 1.57 bits per heavy atom. The molecule has 0 fully saturated rings. The van der Waals surface area contributed by atoms with Crippen LogP contribution in [-0.2, 0) is 0 Å². The van der Waals surface area contributed by atoms with Gasteiger partial charge in [-0.15, -0.1) is 0 Å². The SMILES string of the molecule is CCSCCC(C)Nc1nnc(N)o1. The van der Waals surface area contributed by atoms with Crippen LogP contribution >= 0.6 is 11.8 Å². The van der Waals surface area contributed by atoms with E-state index in [4.69, 9.17) is 10.2 Å². The zero-order chi connectivity index (χ0) is 10.4. The molecule has 1 atom stereocenters. The van der Waals surface area contributed by atoms with Gasteiger partial charge in [-0.1, -0.05) is 17.1 Å². The summed E-state index contributed by atoms with van der Waals surface area (Å²) in [5, 5.41) is 10.4. The molecule has 1 heterocycles. The second-order valence-electron chi connectivity index (χ2n) is 2.98. The molecule has 0 spiro atoms. The van der Waals surface area contributed by atoms with Crippen LogP contribution in [0, 0.1) is 0 Å². The summed E-state index contributed by atoms with van der Waals surface area (Å²) in [7, 11) is 0. The molecule has 80 valence electrons. The summed E-state index contributed by atoms with van der Waals surface area (Å²) in [4.78, 5) is 0. The number of thioether (sulfide) groups is 1. The highest BCUT2D eigenvalue weighted by atomic mass is 32.2. The van der Waals surface area contributed by atoms with Gasteiger partial charge in [-0.2, -0.15) is 11.8 Å². The minimum Gasteiger partial charge on any atom is -0.390 e. The predicted octanol–water partition coefficient (Wildman–Crippen LogP) is 1.60. The first-order valence-corrected chi connectivity index (χ1v) is 5.81. The van der Waals surface area contributed by atoms with Gasteiger partial charge < -0.3 is 15.5 Å². The van der Waals surface area contributed by atoms with Crippen molar-refractivity contribution in [3.05, 3.63) is 0 Å². The molecule has 0 amide bonds. The molecule has 0 bridgehead atoms. The van der Waals surface area contributed by atoms with Crippen molar-refractivity contribution in [1.29, 1.82) is 0 Å². The lowest BCUT2D eigenvalue weighted by molar-refractivity contribution is 0.573. The largest absolute Gasteiger partial charge is 0.390 e. The first-order valence-electron chi connectivity index (χ1n) is 4.65. The van der Waals surface area contributed by atoms with E-state index in [1.807, 2.05) is 11.8 Å². The smallest absolute Gasteiger partial charge is 0.317 e. The number of anilines is 2. The third-order valence-electron chi connectivity index (χ3n) is 1.71. The summed E-state index contributed by atoms with van der Waals surface area (Å²) in [5.74, 6) is 2.29. The Morgan fingerprint density at radius 2 is 2.36 bits per heavy atom. The summed E-state index contributed by atoms with van der Waals surface area (Å²) in [6, 6.07) is 0.827. The minimum absolute atomic E-state index is 0.0997. The molecule has 5 nitrogen and oxygen atoms in total. The van der Waals surface area contributed by atoms with E-state index in [1.54, 1.807) is 0 Å². The van der Waals surface area contributed by atoms with Crippen molar-refractivity contribution in [3.63, 3.8) is 0 Å². The molecule has 1 unspecified atom stereocenters. The highest BCUT2D eigenvalue weighted by Gasteiger charge is 2.06. The van der Waals surface area contributed by atoms with Crippen LogP contribution in [0.4, 0.5) is 12.0 Å². The van der Waals surface area contributed by atoms with Crippen molar-refractivity contribution >= 4 is 23.8 Å². The van der Waals surface area contributed by atoms with E-state index in [1.165, 1.54) is 0 Å². The lowest BCUT2D eigenvalue weighted by Crippen LogP contribution is -2.16. The normalized spacial score (nSPS) is 12.7. The Labute approximate surface area is 87.8 Å². The fourth-order valence-corrected chi connectivity index (χ4v) is 1.79. The third kappa shape index (κ3) is 3.87. The fourth-order valence-electron chi connectivity index (χ4n) is 0.980. The molecule has 0 aliphatic heterocycles. The number of nitrogens with two attached hydrogens (primary N) is 1. The zero-order valence-electron chi connectivity index (χ0n) is 8.49. The van der Waals surface area contributed by atoms with Crippen LogP contribution in [0.2, 0.25) is 0 Å². The van der Waals surface area contributed by atoms with Crippen molar-refractivity contribution in [2.24, 2.45) is 0 Å². The van der Waals surface area contributed by atoms with E-state index in [9.17, 15) is 0 Å². The van der Waals surface area contributed by atoms with Crippen molar-refractivity contribution in [2.45, 2.75) is 26.3 Å². The van der Waals surface area contributed by atoms with Gasteiger partial charge in [0.15, 0.2) is 0 Å². The van der Waals surface area contributed by atoms with Crippen LogP contribution in [0.5, 0.6) is 0 Å². The van der Waals surface area contributed by atoms with Gasteiger partial charge in [0.1, 0.15) is 0 Å². The first-order chi connectivity index (χ1) is 6.72. The van der Waals surface area contributed by atoms with E-state index in [0.29, 0.717) is 12.1 Å². The Hall–Kier alpha value is -0.910. The van der Waals surface area contributed by atoms with Gasteiger partial charge in [-0.25, -0.2) is 0 Å². The van der Waals surface area contributed by atoms with Crippen molar-refractivity contribution in [3.8, 4) is 0 Å². The standard InChI is InChI=1S/C8H16N4OS/c1-3-14-5-4-6(2)10-8-12-11-7(9)13-8/h6H,3-5H2,1-2H3,(H2,9,11)(H,10,12). The van der Waals surface area contributed by atoms with Crippen LogP contribution in [0.1, 0.15) is 20.3 Å². The molecule has 0 aliphatic rings. The number of hydrogen-bond donors (Lipinski definition) is 2. The Morgan fingerprint density at radius 3 is 2.93 bits per heavy atom. The average molecular weight is 216 g/mol. The van der Waals surface area contributed by atoms with Crippen molar-refractivity contribution in [1.82, 2.24) is 10.2 Å². The number of rotatable bonds is 6. The summed E-state index contributed by atoms with van der Waals surface area (Å²) in [5.41, 5.74) is 5.29. The van der Waals surface area contributed by atoms with Crippen LogP contribution in [0.15, 0.2) is 4.42 Å². The van der Waals surface area contributed by atoms with Crippen LogP contribution in [0.3, 0.4) is 0 Å². The summed E-state index contributed by atoms with van der Waals surface area (Å²) >= 11 is 1.92. The van der Waals surface area contributed by atoms with E-state index < -0.39 is 0 Å². The third-order valence-corrected chi connectivity index (χ3v) is 2.64. The number of nitrogen functional groups attached to an aromatic ring is 1. The summed E-state index contributed by atoms with van der Waals surface area (Å²) < 4.78 is 5.00. The molecular weight excluding hydrogens is 200 g/mol. The molecule has 6 heteroatoms. The monoisotopic (exact) mass is 216 g/mol. The summed E-state index contributed by atoms with van der Waals surface area (Å²) in [6.45, 7) is 4.23. The number of hydrogen-bond acceptors (Lipinski definition) is 6. The number of nitrogens with one attached hydrogen (secondary N) is 1. The van der Waals surface area contributed by atoms with E-state index in [-0.39, 0.29) is 6.01 Å². The summed E-state index contributed by atoms with van der Waals surface area (Å²) in [6.07, 6.45) is 1.07. The molecule has 14 heavy (non-hydrogen) atoms. The molecule has 0 aliphatic carbocycles. The lowest BCUT2D eigenvalue weighted by atomic mass is 10.3. The molecule has 0 aromatic carbocycles. The van der Waals surface area contributed by atoms with Gasteiger partial charge in [0.25, 0.3) is 0 Å². The molecule has 1 aromatic rings. The lowest BCUT2D eigenvalue weighted by Gasteiger charge is -2.10. The van der Waals surface area contributed by atoms with Gasteiger partial charge >= 0.3 is 12.0 Å².